The summed E-state index contributed by atoms with van der Waals surface area (Å²) < 4.78 is 70.4. The van der Waals surface area contributed by atoms with Gasteiger partial charge in [0.2, 0.25) is 17.6 Å². The van der Waals surface area contributed by atoms with Gasteiger partial charge in [-0.1, -0.05) is 37.3 Å². The number of nitrogens with two attached hydrogens (primary N) is 1. The van der Waals surface area contributed by atoms with Crippen LogP contribution in [0.5, 0.6) is 0 Å². The summed E-state index contributed by atoms with van der Waals surface area (Å²) in [5, 5.41) is 2.30. The molecule has 1 atom stereocenters. The van der Waals surface area contributed by atoms with Crippen molar-refractivity contribution in [3.05, 3.63) is 65.5 Å². The largest absolute Gasteiger partial charge is 0.449 e. The molecule has 0 fully saturated rings. The van der Waals surface area contributed by atoms with Crippen molar-refractivity contribution >= 4 is 32.7 Å². The van der Waals surface area contributed by atoms with Gasteiger partial charge in [-0.25, -0.2) is 13.4 Å². The summed E-state index contributed by atoms with van der Waals surface area (Å²) >= 11 is 0. The smallest absolute Gasteiger partial charge is 0.366 e. The maximum Gasteiger partial charge on any atom is 0.449 e. The van der Waals surface area contributed by atoms with Crippen molar-refractivity contribution in [2.45, 2.75) is 24.4 Å². The average Bonchev–Trinajstić information content (AvgIpc) is 3.17. The molecule has 0 saturated heterocycles. The molecular weight excluding hydrogens is 461 g/mol. The molecule has 1 heterocycles. The molecule has 0 spiro atoms. The van der Waals surface area contributed by atoms with E-state index in [1.54, 1.807) is 6.07 Å². The maximum atomic E-state index is 14.2. The van der Waals surface area contributed by atoms with Gasteiger partial charge in [0.1, 0.15) is 0 Å². The fraction of sp³-hybridized carbons (Fsp3) is 0.286. The van der Waals surface area contributed by atoms with Crippen LogP contribution in [0.4, 0.5) is 13.2 Å². The van der Waals surface area contributed by atoms with Crippen molar-refractivity contribution in [3.63, 3.8) is 0 Å². The van der Waals surface area contributed by atoms with E-state index in [0.717, 1.165) is 12.1 Å². The topological polar surface area (TPSA) is 124 Å². The first-order valence-corrected chi connectivity index (χ1v) is 11.4. The maximum absolute atomic E-state index is 14.2. The molecule has 3 aromatic rings. The molecule has 0 aliphatic rings. The molecular formula is C21H21F3N4O4S. The number of carbonyl (C=O) groups is 2. The van der Waals surface area contributed by atoms with E-state index in [9.17, 15) is 31.2 Å². The standard InChI is InChI=1S/C21H21F3N4O4S/c1-3-33(31,32)20(12-17(29)26-2,14-7-5-4-6-8-14)28-16-10-9-13(18(25)30)11-15(16)27-19(28)21(22,23)24/h4-11H,3,12H2,1-2H3,(H2,25,30)(H,26,29). The summed E-state index contributed by atoms with van der Waals surface area (Å²) in [5.41, 5.74) is 4.58. The van der Waals surface area contributed by atoms with Crippen LogP contribution in [0.25, 0.3) is 11.0 Å². The third kappa shape index (κ3) is 4.06. The zero-order valence-corrected chi connectivity index (χ0v) is 18.5. The molecule has 0 aliphatic heterocycles. The highest BCUT2D eigenvalue weighted by Gasteiger charge is 2.53. The minimum absolute atomic E-state index is 0.0424. The summed E-state index contributed by atoms with van der Waals surface area (Å²) in [6, 6.07) is 10.6. The second-order valence-corrected chi connectivity index (χ2v) is 9.72. The van der Waals surface area contributed by atoms with Crippen molar-refractivity contribution in [1.29, 1.82) is 0 Å². The molecule has 0 bridgehead atoms. The van der Waals surface area contributed by atoms with Crippen molar-refractivity contribution in [2.24, 2.45) is 5.73 Å². The lowest BCUT2D eigenvalue weighted by molar-refractivity contribution is -0.148. The van der Waals surface area contributed by atoms with Gasteiger partial charge in [0.25, 0.3) is 0 Å². The molecule has 0 aliphatic carbocycles. The highest BCUT2D eigenvalue weighted by molar-refractivity contribution is 7.92. The molecule has 33 heavy (non-hydrogen) atoms. The molecule has 0 saturated carbocycles. The minimum Gasteiger partial charge on any atom is -0.366 e. The lowest BCUT2D eigenvalue weighted by atomic mass is 10.0. The average molecular weight is 482 g/mol. The number of halogens is 3. The Hall–Kier alpha value is -3.41. The number of sulfone groups is 1. The van der Waals surface area contributed by atoms with Gasteiger partial charge < -0.3 is 11.1 Å². The van der Waals surface area contributed by atoms with Crippen LogP contribution in [0.1, 0.15) is 35.1 Å². The normalized spacial score (nSPS) is 14.1. The number of hydrogen-bond acceptors (Lipinski definition) is 5. The Kier molecular flexibility index (Phi) is 6.25. The Bertz CT molecular complexity index is 1320. The third-order valence-electron chi connectivity index (χ3n) is 5.35. The second-order valence-electron chi connectivity index (χ2n) is 7.24. The number of nitrogens with one attached hydrogen (secondary N) is 1. The number of carbonyl (C=O) groups excluding carboxylic acids is 2. The first-order chi connectivity index (χ1) is 15.4. The molecule has 12 heteroatoms. The Balaban J connectivity index is 2.60. The zero-order chi connectivity index (χ0) is 24.6. The van der Waals surface area contributed by atoms with Crippen LogP contribution in [0.2, 0.25) is 0 Å². The summed E-state index contributed by atoms with van der Waals surface area (Å²) in [6.07, 6.45) is -5.92. The van der Waals surface area contributed by atoms with Gasteiger partial charge in [-0.2, -0.15) is 13.2 Å². The van der Waals surface area contributed by atoms with E-state index < -0.39 is 50.7 Å². The van der Waals surface area contributed by atoms with E-state index in [-0.39, 0.29) is 22.2 Å². The van der Waals surface area contributed by atoms with E-state index in [1.807, 2.05) is 0 Å². The molecule has 176 valence electrons. The highest BCUT2D eigenvalue weighted by Crippen LogP contribution is 2.44. The van der Waals surface area contributed by atoms with Crippen molar-refractivity contribution in [1.82, 2.24) is 14.9 Å². The number of benzene rings is 2. The Morgan fingerprint density at radius 1 is 1.12 bits per heavy atom. The predicted molar refractivity (Wildman–Crippen MR) is 115 cm³/mol. The van der Waals surface area contributed by atoms with E-state index in [2.05, 4.69) is 10.3 Å². The van der Waals surface area contributed by atoms with Crippen LogP contribution in [-0.2, 0) is 25.7 Å². The molecule has 1 unspecified atom stereocenters. The van der Waals surface area contributed by atoms with E-state index in [1.165, 1.54) is 44.3 Å². The van der Waals surface area contributed by atoms with Crippen molar-refractivity contribution < 1.29 is 31.2 Å². The minimum atomic E-state index is -5.09. The lowest BCUT2D eigenvalue weighted by Gasteiger charge is -2.36. The first-order valence-electron chi connectivity index (χ1n) is 9.77. The Morgan fingerprint density at radius 3 is 2.27 bits per heavy atom. The van der Waals surface area contributed by atoms with E-state index in [0.29, 0.717) is 4.57 Å². The molecule has 0 radical (unpaired) electrons. The van der Waals surface area contributed by atoms with Crippen LogP contribution in [-0.4, -0.2) is 42.6 Å². The first kappa shape index (κ1) is 24.2. The third-order valence-corrected chi connectivity index (χ3v) is 7.70. The van der Waals surface area contributed by atoms with Gasteiger partial charge in [0.05, 0.1) is 23.2 Å². The monoisotopic (exact) mass is 482 g/mol. The summed E-state index contributed by atoms with van der Waals surface area (Å²) in [4.78, 5) is 25.3. The molecule has 3 N–H and O–H groups in total. The summed E-state index contributed by atoms with van der Waals surface area (Å²) in [7, 11) is -3.18. The van der Waals surface area contributed by atoms with Crippen LogP contribution in [0, 0.1) is 0 Å². The number of amides is 2. The summed E-state index contributed by atoms with van der Waals surface area (Å²) in [6.45, 7) is 1.29. The number of fused-ring (bicyclic) bond motifs is 1. The molecule has 8 nitrogen and oxygen atoms in total. The van der Waals surface area contributed by atoms with Crippen LogP contribution >= 0.6 is 0 Å². The van der Waals surface area contributed by atoms with Gasteiger partial charge in [0.15, 0.2) is 14.7 Å². The van der Waals surface area contributed by atoms with E-state index in [4.69, 9.17) is 5.73 Å². The Morgan fingerprint density at radius 2 is 1.76 bits per heavy atom. The Labute approximate surface area is 187 Å². The van der Waals surface area contributed by atoms with E-state index >= 15 is 0 Å². The highest BCUT2D eigenvalue weighted by atomic mass is 32.2. The summed E-state index contributed by atoms with van der Waals surface area (Å²) in [5.74, 6) is -3.76. The van der Waals surface area contributed by atoms with Gasteiger partial charge in [-0.15, -0.1) is 0 Å². The number of alkyl halides is 3. The lowest BCUT2D eigenvalue weighted by Crippen LogP contribution is -2.48. The second kappa shape index (κ2) is 8.50. The van der Waals surface area contributed by atoms with Crippen LogP contribution in [0.15, 0.2) is 48.5 Å². The number of aromatic nitrogens is 2. The fourth-order valence-electron chi connectivity index (χ4n) is 3.77. The molecule has 3 rings (SSSR count). The van der Waals surface area contributed by atoms with Crippen molar-refractivity contribution in [3.8, 4) is 0 Å². The molecule has 2 aromatic carbocycles. The van der Waals surface area contributed by atoms with Gasteiger partial charge in [-0.3, -0.25) is 14.2 Å². The van der Waals surface area contributed by atoms with Gasteiger partial charge in [0, 0.05) is 12.6 Å². The number of hydrogen-bond donors (Lipinski definition) is 2. The van der Waals surface area contributed by atoms with Crippen LogP contribution in [0.3, 0.4) is 0 Å². The van der Waals surface area contributed by atoms with Gasteiger partial charge >= 0.3 is 6.18 Å². The molecule has 2 amide bonds. The van der Waals surface area contributed by atoms with Crippen molar-refractivity contribution in [2.75, 3.05) is 12.8 Å². The molecule has 1 aromatic heterocycles. The number of imidazole rings is 1. The number of rotatable bonds is 7. The van der Waals surface area contributed by atoms with Gasteiger partial charge in [-0.05, 0) is 23.8 Å². The van der Waals surface area contributed by atoms with Crippen LogP contribution < -0.4 is 11.1 Å². The predicted octanol–water partition coefficient (Wildman–Crippen LogP) is 2.43. The number of nitrogens with zero attached hydrogens (tertiary/aromatic N) is 2. The SMILES string of the molecule is CCS(=O)(=O)C(CC(=O)NC)(c1ccccc1)n1c(C(F)(F)F)nc2cc(C(N)=O)ccc21. The zero-order valence-electron chi connectivity index (χ0n) is 17.7. The quantitative estimate of drug-likeness (QED) is 0.535. The fourth-order valence-corrected chi connectivity index (χ4v) is 5.56. The number of primary amides is 1.